The molecule has 0 spiro atoms. The lowest BCUT2D eigenvalue weighted by atomic mass is 9.99. The molecule has 0 aliphatic heterocycles. The topological polar surface area (TPSA) is 54.4 Å². The Bertz CT molecular complexity index is 604. The van der Waals surface area contributed by atoms with Crippen LogP contribution in [0.15, 0.2) is 34.9 Å². The lowest BCUT2D eigenvalue weighted by Gasteiger charge is -2.10. The van der Waals surface area contributed by atoms with E-state index in [9.17, 15) is 14.7 Å². The molecule has 23 heavy (non-hydrogen) atoms. The lowest BCUT2D eigenvalue weighted by Crippen LogP contribution is -2.16. The maximum absolute atomic E-state index is 12.2. The number of ketones is 2. The van der Waals surface area contributed by atoms with E-state index in [2.05, 4.69) is 20.8 Å². The van der Waals surface area contributed by atoms with Crippen LogP contribution in [0, 0.1) is 17.3 Å². The van der Waals surface area contributed by atoms with E-state index in [1.54, 1.807) is 13.8 Å². The van der Waals surface area contributed by atoms with E-state index in [1.165, 1.54) is 11.6 Å². The molecular formula is C20H28O3. The van der Waals surface area contributed by atoms with Gasteiger partial charge in [0.2, 0.25) is 11.6 Å². The molecule has 0 aromatic rings. The van der Waals surface area contributed by atoms with Crippen LogP contribution in [0.4, 0.5) is 0 Å². The Morgan fingerprint density at radius 3 is 2.48 bits per heavy atom. The summed E-state index contributed by atoms with van der Waals surface area (Å²) in [5, 5.41) is 10.1. The van der Waals surface area contributed by atoms with Gasteiger partial charge in [0.15, 0.2) is 0 Å². The standard InChI is InChI=1S/C20H28O3/c1-12-6-8-15-16(20(15,4)5)10-14(3)19(23)18(22)11-13(2)17(21)9-7-12/h7,10-11,15-17,21H,6,8-9H2,1-5H3/b12-7+,13-11+,14-10+/t15-,16+,17?/m1/s1. The van der Waals surface area contributed by atoms with Crippen LogP contribution in [-0.4, -0.2) is 22.8 Å². The minimum atomic E-state index is -0.709. The number of Topliss-reactive ketones (excluding diaryl/α,β-unsaturated/α-hetero) is 1. The predicted molar refractivity (Wildman–Crippen MR) is 91.9 cm³/mol. The number of hydrogen-bond acceptors (Lipinski definition) is 3. The van der Waals surface area contributed by atoms with Crippen LogP contribution in [0.5, 0.6) is 0 Å². The quantitative estimate of drug-likeness (QED) is 0.546. The number of aliphatic hydroxyl groups is 1. The van der Waals surface area contributed by atoms with E-state index in [0.29, 0.717) is 29.4 Å². The third-order valence-corrected chi connectivity index (χ3v) is 5.57. The van der Waals surface area contributed by atoms with Crippen molar-refractivity contribution in [2.24, 2.45) is 17.3 Å². The predicted octanol–water partition coefficient (Wildman–Crippen LogP) is 3.78. The van der Waals surface area contributed by atoms with Gasteiger partial charge in [0.1, 0.15) is 0 Å². The number of carbonyl (C=O) groups is 2. The molecule has 0 heterocycles. The molecule has 0 radical (unpaired) electrons. The van der Waals surface area contributed by atoms with Crippen LogP contribution in [0.2, 0.25) is 0 Å². The highest BCUT2D eigenvalue weighted by Gasteiger charge is 2.55. The number of fused-ring (bicyclic) bond motifs is 1. The summed E-state index contributed by atoms with van der Waals surface area (Å²) in [5.41, 5.74) is 2.54. The third kappa shape index (κ3) is 3.89. The van der Waals surface area contributed by atoms with Gasteiger partial charge in [0.25, 0.3) is 0 Å². The molecule has 0 bridgehead atoms. The van der Waals surface area contributed by atoms with Crippen molar-refractivity contribution in [2.75, 3.05) is 0 Å². The van der Waals surface area contributed by atoms with Crippen molar-refractivity contribution in [2.45, 2.75) is 60.0 Å². The molecule has 1 unspecified atom stereocenters. The van der Waals surface area contributed by atoms with Crippen molar-refractivity contribution in [1.82, 2.24) is 0 Å². The summed E-state index contributed by atoms with van der Waals surface area (Å²) >= 11 is 0. The first-order valence-electron chi connectivity index (χ1n) is 8.43. The maximum Gasteiger partial charge on any atom is 0.228 e. The molecule has 3 atom stereocenters. The van der Waals surface area contributed by atoms with E-state index in [-0.39, 0.29) is 5.41 Å². The smallest absolute Gasteiger partial charge is 0.228 e. The van der Waals surface area contributed by atoms with Crippen molar-refractivity contribution in [3.63, 3.8) is 0 Å². The average Bonchev–Trinajstić information content (AvgIpc) is 3.00. The molecule has 3 heteroatoms. The van der Waals surface area contributed by atoms with Gasteiger partial charge in [-0.15, -0.1) is 0 Å². The summed E-state index contributed by atoms with van der Waals surface area (Å²) in [6.07, 6.45) is 7.19. The van der Waals surface area contributed by atoms with Gasteiger partial charge in [-0.3, -0.25) is 9.59 Å². The molecule has 1 fully saturated rings. The summed E-state index contributed by atoms with van der Waals surface area (Å²) in [6, 6.07) is 0. The highest BCUT2D eigenvalue weighted by atomic mass is 16.3. The normalized spacial score (nSPS) is 39.0. The van der Waals surface area contributed by atoms with Crippen LogP contribution in [0.1, 0.15) is 53.9 Å². The fourth-order valence-corrected chi connectivity index (χ4v) is 3.56. The number of aliphatic hydroxyl groups excluding tert-OH is 1. The van der Waals surface area contributed by atoms with E-state index in [4.69, 9.17) is 0 Å². The Morgan fingerprint density at radius 1 is 1.17 bits per heavy atom. The zero-order valence-corrected chi connectivity index (χ0v) is 14.8. The molecule has 1 N–H and O–H groups in total. The zero-order chi connectivity index (χ0) is 17.4. The van der Waals surface area contributed by atoms with Crippen LogP contribution in [-0.2, 0) is 9.59 Å². The molecule has 0 aromatic heterocycles. The Balaban J connectivity index is 2.32. The molecule has 2 aliphatic rings. The monoisotopic (exact) mass is 316 g/mol. The highest BCUT2D eigenvalue weighted by molar-refractivity contribution is 6.47. The second-order valence-electron chi connectivity index (χ2n) is 7.73. The van der Waals surface area contributed by atoms with Crippen molar-refractivity contribution in [3.8, 4) is 0 Å². The average molecular weight is 316 g/mol. The molecule has 1 saturated carbocycles. The second-order valence-corrected chi connectivity index (χ2v) is 7.73. The van der Waals surface area contributed by atoms with E-state index >= 15 is 0 Å². The largest absolute Gasteiger partial charge is 0.388 e. The lowest BCUT2D eigenvalue weighted by molar-refractivity contribution is -0.131. The Hall–Kier alpha value is -1.48. The summed E-state index contributed by atoms with van der Waals surface area (Å²) in [4.78, 5) is 24.3. The van der Waals surface area contributed by atoms with Gasteiger partial charge in [-0.25, -0.2) is 0 Å². The van der Waals surface area contributed by atoms with Gasteiger partial charge in [-0.05, 0) is 74.5 Å². The van der Waals surface area contributed by atoms with Crippen LogP contribution < -0.4 is 0 Å². The van der Waals surface area contributed by atoms with E-state index in [1.807, 2.05) is 12.2 Å². The van der Waals surface area contributed by atoms with Gasteiger partial charge >= 0.3 is 0 Å². The van der Waals surface area contributed by atoms with Gasteiger partial charge in [-0.2, -0.15) is 0 Å². The first-order chi connectivity index (χ1) is 10.6. The van der Waals surface area contributed by atoms with E-state index < -0.39 is 17.7 Å². The maximum atomic E-state index is 12.2. The summed E-state index contributed by atoms with van der Waals surface area (Å²) in [6.45, 7) is 9.97. The Morgan fingerprint density at radius 2 is 1.83 bits per heavy atom. The van der Waals surface area contributed by atoms with Crippen LogP contribution in [0.25, 0.3) is 0 Å². The van der Waals surface area contributed by atoms with Gasteiger partial charge in [0, 0.05) is 0 Å². The molecule has 2 rings (SSSR count). The summed E-state index contributed by atoms with van der Waals surface area (Å²) in [5.74, 6) is -0.0793. The molecule has 0 aromatic carbocycles. The fourth-order valence-electron chi connectivity index (χ4n) is 3.56. The zero-order valence-electron chi connectivity index (χ0n) is 14.8. The minimum Gasteiger partial charge on any atom is -0.388 e. The van der Waals surface area contributed by atoms with Crippen LogP contribution in [0.3, 0.4) is 0 Å². The summed E-state index contributed by atoms with van der Waals surface area (Å²) < 4.78 is 0. The number of allylic oxidation sites excluding steroid dienone is 4. The SMILES string of the molecule is C/C1=C\CC(O)/C(C)=C/C(=O)C(=O)/C(C)=C/[C@H]2[C@@H](CC1)C2(C)C. The third-order valence-electron chi connectivity index (χ3n) is 5.57. The van der Waals surface area contributed by atoms with Crippen molar-refractivity contribution in [1.29, 1.82) is 0 Å². The van der Waals surface area contributed by atoms with Crippen molar-refractivity contribution >= 4 is 11.6 Å². The van der Waals surface area contributed by atoms with Crippen molar-refractivity contribution in [3.05, 3.63) is 34.9 Å². The summed E-state index contributed by atoms with van der Waals surface area (Å²) in [7, 11) is 0. The second kappa shape index (κ2) is 6.56. The highest BCUT2D eigenvalue weighted by Crippen LogP contribution is 2.61. The number of rotatable bonds is 0. The van der Waals surface area contributed by atoms with E-state index in [0.717, 1.165) is 12.8 Å². The minimum absolute atomic E-state index is 0.191. The molecular weight excluding hydrogens is 288 g/mol. The first kappa shape index (κ1) is 17.9. The first-order valence-corrected chi connectivity index (χ1v) is 8.43. The molecule has 0 amide bonds. The number of carbonyl (C=O) groups excluding carboxylic acids is 2. The van der Waals surface area contributed by atoms with Crippen LogP contribution >= 0.6 is 0 Å². The van der Waals surface area contributed by atoms with Crippen molar-refractivity contribution < 1.29 is 14.7 Å². The fraction of sp³-hybridized carbons (Fsp3) is 0.600. The number of hydrogen-bond donors (Lipinski definition) is 1. The molecule has 3 nitrogen and oxygen atoms in total. The van der Waals surface area contributed by atoms with Gasteiger partial charge < -0.3 is 5.11 Å². The molecule has 0 saturated heterocycles. The Labute approximate surface area is 139 Å². The molecule has 126 valence electrons. The van der Waals surface area contributed by atoms with Gasteiger partial charge in [-0.1, -0.05) is 31.6 Å². The van der Waals surface area contributed by atoms with Gasteiger partial charge in [0.05, 0.1) is 6.10 Å². The molecule has 2 aliphatic carbocycles. The Kier molecular flexibility index (Phi) is 5.10.